The topological polar surface area (TPSA) is 511 Å². The van der Waals surface area contributed by atoms with Gasteiger partial charge in [0.25, 0.3) is 0 Å². The molecule has 3 aliphatic rings. The molecule has 0 aliphatic carbocycles. The van der Waals surface area contributed by atoms with Crippen LogP contribution in [0.15, 0.2) is 120 Å². The molecule has 3 aliphatic heterocycles. The van der Waals surface area contributed by atoms with Gasteiger partial charge in [-0.2, -0.15) is 0 Å². The molecule has 2 aromatic heterocycles. The van der Waals surface area contributed by atoms with E-state index in [4.69, 9.17) is 11.5 Å². The molecule has 112 heavy (non-hydrogen) atoms. The minimum absolute atomic E-state index is 0.0244. The Labute approximate surface area is 650 Å². The minimum atomic E-state index is -1.85. The fraction of sp³-hybridized carbons (Fsp3) is 0.449. The normalized spacial score (nSPS) is 25.0. The number of primary amides is 2. The van der Waals surface area contributed by atoms with Crippen molar-refractivity contribution in [1.29, 1.82) is 0 Å². The average Bonchev–Trinajstić information content (AvgIpc) is 1.32. The highest BCUT2D eigenvalue weighted by Gasteiger charge is 2.43. The summed E-state index contributed by atoms with van der Waals surface area (Å²) < 4.78 is 0. The van der Waals surface area contributed by atoms with Crippen molar-refractivity contribution < 1.29 is 77.3 Å². The van der Waals surface area contributed by atoms with Crippen LogP contribution in [0.5, 0.6) is 0 Å². The lowest BCUT2D eigenvalue weighted by Crippen LogP contribution is -2.61. The summed E-state index contributed by atoms with van der Waals surface area (Å²) in [6.07, 6.45) is 4.65. The molecule has 598 valence electrons. The first kappa shape index (κ1) is 84.5. The Balaban J connectivity index is 1.05. The molecule has 4 aromatic carbocycles. The molecule has 34 heteroatoms. The third kappa shape index (κ3) is 22.8. The van der Waals surface area contributed by atoms with Crippen LogP contribution >= 0.6 is 11.8 Å². The number of para-hydroxylation sites is 2. The van der Waals surface area contributed by atoms with Crippen LogP contribution in [0.25, 0.3) is 32.6 Å². The Hall–Kier alpha value is -11.5. The van der Waals surface area contributed by atoms with Gasteiger partial charge in [-0.1, -0.05) is 139 Å². The lowest BCUT2D eigenvalue weighted by atomic mass is 9.96. The maximum atomic E-state index is 15.2. The largest absolute Gasteiger partial charge is 0.394 e. The number of unbranched alkanes of at least 4 members (excludes halogenated alkanes) is 1. The van der Waals surface area contributed by atoms with Gasteiger partial charge in [0.1, 0.15) is 66.5 Å². The summed E-state index contributed by atoms with van der Waals surface area (Å²) in [5, 5.41) is 53.6. The number of H-pyrrole nitrogens is 2. The van der Waals surface area contributed by atoms with E-state index in [0.717, 1.165) is 27.4 Å². The first-order valence-electron chi connectivity index (χ1n) is 37.4. The predicted octanol–water partition coefficient (Wildman–Crippen LogP) is -0.503. The molecule has 0 spiro atoms. The van der Waals surface area contributed by atoms with Crippen LogP contribution in [0.1, 0.15) is 103 Å². The van der Waals surface area contributed by atoms with Gasteiger partial charge in [-0.3, -0.25) is 72.1 Å². The summed E-state index contributed by atoms with van der Waals surface area (Å²) in [6, 6.07) is 10.2. The van der Waals surface area contributed by atoms with Gasteiger partial charge in [0, 0.05) is 96.9 Å². The SMILES string of the molecule is CCCC[C@@H]1NC(=O)[C@H](Cc2c[nH]c3ccccc23)NC(=O)[C@H](CC(N)=O)NC(=O)[C@@H]2C[C@@H](O)CN2C(=O)CNC(=O)[C@H](CO)NC(=O)[C@H]([C@@H](C)CC)NC(=O)[C@H](Cc2ccc3ccccc3c2)NC(=O)CSC[C@@H](C(N)=O)NC(=O)[C@H](C(C)C)NC(=O)[C@H](Cc2c[nH]c3ccccc23)NC(=O)[C@@H](CC2=CCC=N2)NC1=O. The molecule has 0 unspecified atom stereocenters. The van der Waals surface area contributed by atoms with Gasteiger partial charge in [-0.25, -0.2) is 0 Å². The molecule has 33 nitrogen and oxygen atoms in total. The molecule has 0 saturated carbocycles. The minimum Gasteiger partial charge on any atom is -0.394 e. The van der Waals surface area contributed by atoms with Crippen molar-refractivity contribution in [3.8, 4) is 0 Å². The van der Waals surface area contributed by atoms with Gasteiger partial charge in [0.2, 0.25) is 82.7 Å². The van der Waals surface area contributed by atoms with E-state index in [1.165, 1.54) is 0 Å². The number of fused-ring (bicyclic) bond motifs is 4. The Morgan fingerprint density at radius 3 is 1.70 bits per heavy atom. The number of thioether (sulfide) groups is 1. The van der Waals surface area contributed by atoms with Crippen LogP contribution in [0.2, 0.25) is 0 Å². The molecular formula is C78H99N17O16S. The summed E-state index contributed by atoms with van der Waals surface area (Å²) in [7, 11) is 0. The number of nitrogens with zero attached hydrogens (tertiary/aromatic N) is 2. The third-order valence-electron chi connectivity index (χ3n) is 20.0. The second kappa shape index (κ2) is 39.9. The number of amides is 14. The number of aromatic nitrogens is 2. The number of allylic oxidation sites excluding steroid dienone is 1. The molecule has 9 rings (SSSR count). The average molecular weight is 1560 g/mol. The summed E-state index contributed by atoms with van der Waals surface area (Å²) in [6.45, 7) is 6.07. The molecule has 6 aromatic rings. The van der Waals surface area contributed by atoms with E-state index >= 15 is 19.2 Å². The molecule has 0 radical (unpaired) electrons. The zero-order valence-electron chi connectivity index (χ0n) is 62.9. The van der Waals surface area contributed by atoms with Crippen molar-refractivity contribution in [3.63, 3.8) is 0 Å². The zero-order chi connectivity index (χ0) is 80.9. The number of carbonyl (C=O) groups is 14. The quantitative estimate of drug-likeness (QED) is 0.0516. The first-order chi connectivity index (χ1) is 53.6. The molecular weight excluding hydrogens is 1460 g/mol. The maximum absolute atomic E-state index is 15.2. The number of aliphatic hydroxyl groups is 2. The Morgan fingerprint density at radius 1 is 0.580 bits per heavy atom. The van der Waals surface area contributed by atoms with E-state index in [2.05, 4.69) is 73.4 Å². The number of aliphatic hydroxyl groups excluding tert-OH is 2. The number of nitrogens with two attached hydrogens (primary N) is 2. The van der Waals surface area contributed by atoms with Gasteiger partial charge in [-0.15, -0.1) is 11.8 Å². The van der Waals surface area contributed by atoms with Crippen LogP contribution in [0.4, 0.5) is 0 Å². The molecule has 2 saturated heterocycles. The number of nitrogens with one attached hydrogen (secondary N) is 13. The van der Waals surface area contributed by atoms with Gasteiger partial charge < -0.3 is 95.0 Å². The second-order valence-electron chi connectivity index (χ2n) is 28.7. The third-order valence-corrected chi connectivity index (χ3v) is 21.0. The van der Waals surface area contributed by atoms with E-state index in [1.54, 1.807) is 107 Å². The smallest absolute Gasteiger partial charge is 0.245 e. The molecule has 13 atom stereocenters. The predicted molar refractivity (Wildman–Crippen MR) is 417 cm³/mol. The van der Waals surface area contributed by atoms with Crippen LogP contribution in [-0.2, 0) is 86.4 Å². The molecule has 2 fully saturated rings. The summed E-state index contributed by atoms with van der Waals surface area (Å²) in [4.78, 5) is 213. The van der Waals surface area contributed by atoms with Crippen LogP contribution in [0.3, 0.4) is 0 Å². The fourth-order valence-corrected chi connectivity index (χ4v) is 14.4. The van der Waals surface area contributed by atoms with Crippen molar-refractivity contribution in [2.75, 3.05) is 31.2 Å². The highest BCUT2D eigenvalue weighted by atomic mass is 32.2. The number of carbonyl (C=O) groups excluding carboxylic acids is 14. The molecule has 5 heterocycles. The monoisotopic (exact) mass is 1560 g/mol. The Morgan fingerprint density at radius 2 is 1.12 bits per heavy atom. The summed E-state index contributed by atoms with van der Waals surface area (Å²) in [5.74, 6) is -15.4. The Bertz CT molecular complexity index is 4540. The van der Waals surface area contributed by atoms with Crippen molar-refractivity contribution in [3.05, 3.63) is 132 Å². The fourth-order valence-electron chi connectivity index (χ4n) is 13.6. The van der Waals surface area contributed by atoms with Crippen molar-refractivity contribution in [1.82, 2.24) is 73.4 Å². The van der Waals surface area contributed by atoms with Crippen molar-refractivity contribution in [2.45, 2.75) is 178 Å². The maximum Gasteiger partial charge on any atom is 0.245 e. The van der Waals surface area contributed by atoms with Gasteiger partial charge in [0.05, 0.1) is 31.4 Å². The van der Waals surface area contributed by atoms with Gasteiger partial charge in [0.15, 0.2) is 0 Å². The highest BCUT2D eigenvalue weighted by molar-refractivity contribution is 8.00. The highest BCUT2D eigenvalue weighted by Crippen LogP contribution is 2.25. The van der Waals surface area contributed by atoms with Crippen LogP contribution < -0.4 is 70.0 Å². The van der Waals surface area contributed by atoms with E-state index in [0.29, 0.717) is 63.5 Å². The molecule has 0 bridgehead atoms. The first-order valence-corrected chi connectivity index (χ1v) is 38.6. The molecule has 19 N–H and O–H groups in total. The lowest BCUT2D eigenvalue weighted by molar-refractivity contribution is -0.140. The number of hydrogen-bond acceptors (Lipinski definition) is 18. The number of aliphatic imine (C=N–C) groups is 1. The standard InChI is InChI=1S/C78H99N17O16S/c1-6-8-21-54-70(103)89-58(31-48-18-15-26-81-48)72(105)88-57(30-47-35-83-53-23-14-12-20-51(47)53)75(108)93-66(41(3)4)77(110)92-61(68(80)101)39-112-40-64(99)85-55(28-43-24-25-44-16-9-10-17-45(44)27-43)74(107)94-67(42(5)7-2)78(111)91-60(38-96)69(102)84-36-65(100)95-37-49(97)32-62(95)76(109)90-59(33-63(79)98)73(106)87-56(71(104)86-54)29-46-34-82-52-22-13-11-19-50(46)52/h9-14,16-20,22-27,34-35,41-42,49,54-62,66-67,82-83,96-97H,6-8,15,21,28-33,36-40H2,1-5H3,(H2,79,98)(H2,80,101)(H,84,102)(H,85,99)(H,86,104)(H,87,106)(H,88,105)(H,89,103)(H,90,109)(H,91,111)(H,92,110)(H,93,108)(H,94,107)/t42-,49+,54-,55-,56-,57-,58+,59-,60-,61-,62-,66-,67-/m0/s1. The second-order valence-corrected chi connectivity index (χ2v) is 29.7. The molecule has 14 amide bonds. The van der Waals surface area contributed by atoms with Gasteiger partial charge >= 0.3 is 0 Å². The van der Waals surface area contributed by atoms with Crippen LogP contribution in [0, 0.1) is 11.8 Å². The lowest BCUT2D eigenvalue weighted by Gasteiger charge is -2.29. The van der Waals surface area contributed by atoms with E-state index in [-0.39, 0.29) is 44.3 Å². The van der Waals surface area contributed by atoms with Crippen molar-refractivity contribution in [2.24, 2.45) is 28.3 Å². The van der Waals surface area contributed by atoms with E-state index in [1.807, 2.05) is 43.3 Å². The zero-order valence-corrected chi connectivity index (χ0v) is 63.8. The van der Waals surface area contributed by atoms with Gasteiger partial charge in [-0.05, 0) is 57.9 Å². The number of hydrogen-bond donors (Lipinski definition) is 17. The Kier molecular flexibility index (Phi) is 30.1. The number of rotatable bonds is 18. The number of benzene rings is 4. The van der Waals surface area contributed by atoms with Crippen molar-refractivity contribution >= 4 is 133 Å². The van der Waals surface area contributed by atoms with Crippen LogP contribution in [-0.4, -0.2) is 218 Å². The summed E-state index contributed by atoms with van der Waals surface area (Å²) in [5.41, 5.74) is 15.0. The van der Waals surface area contributed by atoms with E-state index in [9.17, 15) is 58.2 Å². The van der Waals surface area contributed by atoms with E-state index < -0.39 is 205 Å². The summed E-state index contributed by atoms with van der Waals surface area (Å²) >= 11 is 0.869. The number of aromatic amines is 2.